The smallest absolute Gasteiger partial charge is 0.238 e. The molecule has 1 heterocycles. The molecule has 0 aromatic carbocycles. The Kier molecular flexibility index (Phi) is 5.95. The second-order valence-corrected chi connectivity index (χ2v) is 15.7. The van der Waals surface area contributed by atoms with Gasteiger partial charge in [0.25, 0.3) is 0 Å². The average Bonchev–Trinajstić information content (AvgIpc) is 3.24. The second-order valence-electron chi connectivity index (χ2n) is 15.7. The molecule has 218 valence electrons. The lowest BCUT2D eigenvalue weighted by Crippen LogP contribution is -2.65. The van der Waals surface area contributed by atoms with Crippen LogP contribution in [0.4, 0.5) is 0 Å². The van der Waals surface area contributed by atoms with Gasteiger partial charge in [0, 0.05) is 23.4 Å². The quantitative estimate of drug-likeness (QED) is 0.373. The molecule has 0 saturated heterocycles. The van der Waals surface area contributed by atoms with Crippen LogP contribution in [0.15, 0.2) is 29.5 Å². The number of Topliss-reactive ketones (excluding diaryl/α,β-unsaturated/α-hetero) is 1. The van der Waals surface area contributed by atoms with Gasteiger partial charge in [-0.15, -0.1) is 0 Å². The molecule has 0 N–H and O–H groups in total. The molecule has 6 heteroatoms. The third kappa shape index (κ3) is 3.53. The SMILES string of the molecule is Cc1cn(C(=O)[C@]23CCC(C)(C)CC2C2C(=O)C=C4[C@@]5(C)C=C(C#N)C(=O)[C@@H](C)C5CC[C@@]4(C)[C@]2(C)CC3)c(C)n1. The highest BCUT2D eigenvalue weighted by molar-refractivity contribution is 6.02. The summed E-state index contributed by atoms with van der Waals surface area (Å²) in [6, 6.07) is 2.17. The van der Waals surface area contributed by atoms with Crippen molar-refractivity contribution in [3.05, 3.63) is 41.0 Å². The Balaban J connectivity index is 1.52. The van der Waals surface area contributed by atoms with E-state index in [0.29, 0.717) is 0 Å². The molecule has 3 saturated carbocycles. The Morgan fingerprint density at radius 3 is 2.34 bits per heavy atom. The standard InChI is InChI=1S/C35H45N3O3/c1-20-19-38(22(3)37-20)30(41)35-13-11-31(4,5)17-25(35)28-26(39)15-27-32(6)16-23(18-36)29(40)21(2)24(32)9-10-33(27,7)34(28,8)12-14-35/h15-16,19,21,24-25,28H,9-14,17H2,1-8H3/t21-,24?,25?,28?,32-,33+,34+,35-/m0/s1. The van der Waals surface area contributed by atoms with E-state index in [9.17, 15) is 19.6 Å². The van der Waals surface area contributed by atoms with Gasteiger partial charge >= 0.3 is 0 Å². The van der Waals surface area contributed by atoms with E-state index in [4.69, 9.17) is 0 Å². The van der Waals surface area contributed by atoms with Gasteiger partial charge in [-0.3, -0.25) is 19.0 Å². The highest BCUT2D eigenvalue weighted by Gasteiger charge is 2.70. The molecule has 6 rings (SSSR count). The van der Waals surface area contributed by atoms with Crippen LogP contribution in [0, 0.1) is 75.9 Å². The summed E-state index contributed by atoms with van der Waals surface area (Å²) in [4.78, 5) is 46.7. The van der Waals surface area contributed by atoms with Gasteiger partial charge in [0.15, 0.2) is 11.6 Å². The monoisotopic (exact) mass is 555 g/mol. The van der Waals surface area contributed by atoms with Crippen molar-refractivity contribution in [2.45, 2.75) is 100 Å². The van der Waals surface area contributed by atoms with Crippen LogP contribution in [0.5, 0.6) is 0 Å². The first kappa shape index (κ1) is 28.3. The van der Waals surface area contributed by atoms with E-state index in [1.165, 1.54) is 0 Å². The van der Waals surface area contributed by atoms with E-state index >= 15 is 0 Å². The van der Waals surface area contributed by atoms with E-state index in [-0.39, 0.29) is 63.0 Å². The number of imidazole rings is 1. The van der Waals surface area contributed by atoms with Crippen LogP contribution in [-0.4, -0.2) is 27.0 Å². The van der Waals surface area contributed by atoms with Crippen molar-refractivity contribution < 1.29 is 14.4 Å². The van der Waals surface area contributed by atoms with Gasteiger partial charge in [-0.2, -0.15) is 5.26 Å². The van der Waals surface area contributed by atoms with Gasteiger partial charge < -0.3 is 0 Å². The molecule has 5 aliphatic carbocycles. The number of aromatic nitrogens is 2. The maximum absolute atomic E-state index is 14.6. The summed E-state index contributed by atoms with van der Waals surface area (Å²) >= 11 is 0. The van der Waals surface area contributed by atoms with E-state index in [1.54, 1.807) is 4.57 Å². The van der Waals surface area contributed by atoms with Crippen LogP contribution in [-0.2, 0) is 9.59 Å². The number of ketones is 2. The Morgan fingerprint density at radius 2 is 1.71 bits per heavy atom. The van der Waals surface area contributed by atoms with Crippen molar-refractivity contribution >= 4 is 17.5 Å². The molecule has 1 aromatic heterocycles. The number of fused-ring (bicyclic) bond motifs is 7. The number of allylic oxidation sites excluding steroid dienone is 4. The largest absolute Gasteiger partial charge is 0.295 e. The molecule has 3 unspecified atom stereocenters. The van der Waals surface area contributed by atoms with E-state index in [2.05, 4.69) is 45.7 Å². The Bertz CT molecular complexity index is 1490. The van der Waals surface area contributed by atoms with E-state index < -0.39 is 10.8 Å². The molecule has 0 amide bonds. The predicted molar refractivity (Wildman–Crippen MR) is 157 cm³/mol. The first-order valence-corrected chi connectivity index (χ1v) is 15.6. The van der Waals surface area contributed by atoms with Crippen molar-refractivity contribution in [2.24, 2.45) is 50.7 Å². The minimum absolute atomic E-state index is 0.0466. The highest BCUT2D eigenvalue weighted by atomic mass is 16.2. The number of hydrogen-bond donors (Lipinski definition) is 0. The van der Waals surface area contributed by atoms with Crippen LogP contribution in [0.3, 0.4) is 0 Å². The fraction of sp³-hybridized carbons (Fsp3) is 0.686. The predicted octanol–water partition coefficient (Wildman–Crippen LogP) is 6.97. The zero-order valence-electron chi connectivity index (χ0n) is 26.1. The van der Waals surface area contributed by atoms with Crippen LogP contribution in [0.25, 0.3) is 0 Å². The molecule has 3 fully saturated rings. The third-order valence-corrected chi connectivity index (χ3v) is 13.2. The molecular weight excluding hydrogens is 510 g/mol. The Hall–Kier alpha value is -2.81. The highest BCUT2D eigenvalue weighted by Crippen LogP contribution is 2.74. The number of nitrogens with zero attached hydrogens (tertiary/aromatic N) is 3. The van der Waals surface area contributed by atoms with Crippen molar-refractivity contribution in [3.8, 4) is 6.07 Å². The van der Waals surface area contributed by atoms with Gasteiger partial charge in [-0.25, -0.2) is 4.98 Å². The first-order valence-electron chi connectivity index (χ1n) is 15.6. The van der Waals surface area contributed by atoms with Crippen LogP contribution < -0.4 is 0 Å². The summed E-state index contributed by atoms with van der Waals surface area (Å²) in [7, 11) is 0. The number of hydrogen-bond acceptors (Lipinski definition) is 5. The zero-order chi connectivity index (χ0) is 29.9. The molecule has 0 radical (unpaired) electrons. The van der Waals surface area contributed by atoms with Crippen molar-refractivity contribution in [2.75, 3.05) is 0 Å². The molecule has 0 aliphatic heterocycles. The molecule has 8 atom stereocenters. The maximum Gasteiger partial charge on any atom is 0.238 e. The van der Waals surface area contributed by atoms with Crippen molar-refractivity contribution in [1.29, 1.82) is 5.26 Å². The molecule has 1 aromatic rings. The molecular formula is C35H45N3O3. The Morgan fingerprint density at radius 1 is 1.02 bits per heavy atom. The topological polar surface area (TPSA) is 92.8 Å². The number of rotatable bonds is 1. The minimum Gasteiger partial charge on any atom is -0.295 e. The number of carbonyl (C=O) groups is 3. The zero-order valence-corrected chi connectivity index (χ0v) is 26.1. The van der Waals surface area contributed by atoms with Crippen molar-refractivity contribution in [1.82, 2.24) is 9.55 Å². The minimum atomic E-state index is -0.588. The molecule has 5 aliphatic rings. The molecule has 0 bridgehead atoms. The van der Waals surface area contributed by atoms with Gasteiger partial charge in [0.1, 0.15) is 11.9 Å². The summed E-state index contributed by atoms with van der Waals surface area (Å²) in [5.74, 6) is 0.424. The summed E-state index contributed by atoms with van der Waals surface area (Å²) < 4.78 is 1.76. The Labute approximate surface area is 244 Å². The summed E-state index contributed by atoms with van der Waals surface area (Å²) in [6.07, 6.45) is 11.6. The van der Waals surface area contributed by atoms with Gasteiger partial charge in [0.2, 0.25) is 5.91 Å². The van der Waals surface area contributed by atoms with E-state index in [0.717, 1.165) is 62.0 Å². The van der Waals surface area contributed by atoms with Gasteiger partial charge in [0.05, 0.1) is 16.7 Å². The average molecular weight is 556 g/mol. The van der Waals surface area contributed by atoms with Crippen LogP contribution >= 0.6 is 0 Å². The van der Waals surface area contributed by atoms with E-state index in [1.807, 2.05) is 39.1 Å². The maximum atomic E-state index is 14.6. The summed E-state index contributed by atoms with van der Waals surface area (Å²) in [6.45, 7) is 17.2. The van der Waals surface area contributed by atoms with Gasteiger partial charge in [-0.1, -0.05) is 53.2 Å². The summed E-state index contributed by atoms with van der Waals surface area (Å²) in [5, 5.41) is 9.84. The fourth-order valence-corrected chi connectivity index (χ4v) is 10.7. The molecule has 6 nitrogen and oxygen atoms in total. The summed E-state index contributed by atoms with van der Waals surface area (Å²) in [5.41, 5.74) is 0.518. The normalized spacial score (nSPS) is 43.0. The number of carbonyl (C=O) groups excluding carboxylic acids is 3. The number of nitriles is 1. The lowest BCUT2D eigenvalue weighted by molar-refractivity contribution is -0.162. The lowest BCUT2D eigenvalue weighted by Gasteiger charge is -2.68. The second kappa shape index (κ2) is 8.62. The van der Waals surface area contributed by atoms with Crippen LogP contribution in [0.1, 0.15) is 103 Å². The molecule has 41 heavy (non-hydrogen) atoms. The van der Waals surface area contributed by atoms with Crippen molar-refractivity contribution in [3.63, 3.8) is 0 Å². The fourth-order valence-electron chi connectivity index (χ4n) is 10.7. The third-order valence-electron chi connectivity index (χ3n) is 13.2. The molecule has 0 spiro atoms. The first-order chi connectivity index (χ1) is 19.0. The number of aryl methyl sites for hydroxylation is 2. The lowest BCUT2D eigenvalue weighted by atomic mass is 9.34. The van der Waals surface area contributed by atoms with Gasteiger partial charge in [-0.05, 0) is 93.0 Å². The van der Waals surface area contributed by atoms with Crippen LogP contribution in [0.2, 0.25) is 0 Å².